The smallest absolute Gasteiger partial charge is 0.253 e. The lowest BCUT2D eigenvalue weighted by atomic mass is 10.1. The first-order valence-electron chi connectivity index (χ1n) is 8.99. The Bertz CT molecular complexity index is 993. The van der Waals surface area contributed by atoms with Crippen LogP contribution < -0.4 is 14.9 Å². The molecule has 156 valence electrons. The highest BCUT2D eigenvalue weighted by Gasteiger charge is 2.23. The van der Waals surface area contributed by atoms with Crippen LogP contribution in [-0.2, 0) is 14.8 Å². The Morgan fingerprint density at radius 3 is 2.31 bits per heavy atom. The van der Waals surface area contributed by atoms with Crippen LogP contribution in [-0.4, -0.2) is 39.6 Å². The Kier molecular flexibility index (Phi) is 7.64. The molecule has 0 atom stereocenters. The molecule has 0 heterocycles. The number of benzene rings is 2. The zero-order valence-electron chi connectivity index (χ0n) is 16.5. The predicted molar refractivity (Wildman–Crippen MR) is 116 cm³/mol. The van der Waals surface area contributed by atoms with E-state index >= 15 is 0 Å². The van der Waals surface area contributed by atoms with Crippen molar-refractivity contribution in [2.75, 3.05) is 29.0 Å². The van der Waals surface area contributed by atoms with Gasteiger partial charge < -0.3 is 10.6 Å². The molecule has 2 rings (SSSR count). The minimum atomic E-state index is -3.76. The van der Waals surface area contributed by atoms with Crippen LogP contribution in [0.5, 0.6) is 0 Å². The Labute approximate surface area is 176 Å². The monoisotopic (exact) mass is 437 g/mol. The van der Waals surface area contributed by atoms with E-state index in [9.17, 15) is 18.0 Å². The number of anilines is 2. The number of rotatable bonds is 8. The van der Waals surface area contributed by atoms with E-state index in [1.54, 1.807) is 42.5 Å². The summed E-state index contributed by atoms with van der Waals surface area (Å²) in [5.41, 5.74) is 0.797. The van der Waals surface area contributed by atoms with Gasteiger partial charge in [0, 0.05) is 6.54 Å². The van der Waals surface area contributed by atoms with E-state index < -0.39 is 22.5 Å². The van der Waals surface area contributed by atoms with Crippen LogP contribution in [0.15, 0.2) is 48.5 Å². The molecule has 0 aromatic heterocycles. The lowest BCUT2D eigenvalue weighted by Crippen LogP contribution is -2.38. The molecule has 0 aliphatic heterocycles. The molecule has 0 aliphatic carbocycles. The molecular weight excluding hydrogens is 414 g/mol. The summed E-state index contributed by atoms with van der Waals surface area (Å²) in [6.45, 7) is 3.96. The van der Waals surface area contributed by atoms with Gasteiger partial charge in [-0.3, -0.25) is 13.9 Å². The molecule has 29 heavy (non-hydrogen) atoms. The summed E-state index contributed by atoms with van der Waals surface area (Å²) in [7, 11) is -3.76. The molecule has 0 bridgehead atoms. The standard InChI is InChI=1S/C20H24ClN3O4S/c1-14(2)12-22-20(26)15-8-4-6-10-17(15)23-19(25)13-24(29(3,27)28)18-11-7-5-9-16(18)21/h4-11,14H,12-13H2,1-3H3,(H,22,26)(H,23,25). The topological polar surface area (TPSA) is 95.6 Å². The number of sulfonamides is 1. The Morgan fingerprint density at radius 2 is 1.69 bits per heavy atom. The highest BCUT2D eigenvalue weighted by molar-refractivity contribution is 7.92. The maximum atomic E-state index is 12.6. The van der Waals surface area contributed by atoms with E-state index in [0.29, 0.717) is 17.8 Å². The van der Waals surface area contributed by atoms with Gasteiger partial charge in [0.05, 0.1) is 28.2 Å². The fourth-order valence-electron chi connectivity index (χ4n) is 2.54. The molecule has 0 saturated carbocycles. The molecule has 0 spiro atoms. The zero-order chi connectivity index (χ0) is 21.6. The molecule has 9 heteroatoms. The lowest BCUT2D eigenvalue weighted by Gasteiger charge is -2.23. The Hall–Kier alpha value is -2.58. The number of halogens is 1. The van der Waals surface area contributed by atoms with Crippen molar-refractivity contribution >= 4 is 44.8 Å². The van der Waals surface area contributed by atoms with Crippen molar-refractivity contribution in [3.63, 3.8) is 0 Å². The summed E-state index contributed by atoms with van der Waals surface area (Å²) in [4.78, 5) is 25.0. The minimum absolute atomic E-state index is 0.203. The van der Waals surface area contributed by atoms with Crippen molar-refractivity contribution in [1.29, 1.82) is 0 Å². The third-order valence-corrected chi connectivity index (χ3v) is 5.37. The third kappa shape index (κ3) is 6.47. The van der Waals surface area contributed by atoms with Gasteiger partial charge >= 0.3 is 0 Å². The number of carbonyl (C=O) groups excluding carboxylic acids is 2. The molecule has 2 aromatic rings. The number of carbonyl (C=O) groups is 2. The van der Waals surface area contributed by atoms with Crippen LogP contribution in [0.2, 0.25) is 5.02 Å². The highest BCUT2D eigenvalue weighted by Crippen LogP contribution is 2.27. The highest BCUT2D eigenvalue weighted by atomic mass is 35.5. The van der Waals surface area contributed by atoms with Gasteiger partial charge in [0.15, 0.2) is 0 Å². The number of amides is 2. The van der Waals surface area contributed by atoms with Crippen LogP contribution in [0, 0.1) is 5.92 Å². The molecule has 7 nitrogen and oxygen atoms in total. The quantitative estimate of drug-likeness (QED) is 0.663. The van der Waals surface area contributed by atoms with Gasteiger partial charge in [0.1, 0.15) is 6.54 Å². The van der Waals surface area contributed by atoms with E-state index in [4.69, 9.17) is 11.6 Å². The number of para-hydroxylation sites is 2. The molecule has 2 aromatic carbocycles. The van der Waals surface area contributed by atoms with Gasteiger partial charge in [-0.2, -0.15) is 0 Å². The number of nitrogens with zero attached hydrogens (tertiary/aromatic N) is 1. The van der Waals surface area contributed by atoms with Gasteiger partial charge in [-0.25, -0.2) is 8.42 Å². The van der Waals surface area contributed by atoms with E-state index in [2.05, 4.69) is 10.6 Å². The van der Waals surface area contributed by atoms with Crippen LogP contribution in [0.3, 0.4) is 0 Å². The normalized spacial score (nSPS) is 11.2. The van der Waals surface area contributed by atoms with Crippen molar-refractivity contribution in [3.8, 4) is 0 Å². The third-order valence-electron chi connectivity index (χ3n) is 3.93. The molecule has 2 amide bonds. The SMILES string of the molecule is CC(C)CNC(=O)c1ccccc1NC(=O)CN(c1ccccc1Cl)S(C)(=O)=O. The van der Waals surface area contributed by atoms with Gasteiger partial charge in [0.2, 0.25) is 15.9 Å². The van der Waals surface area contributed by atoms with Gasteiger partial charge in [-0.15, -0.1) is 0 Å². The second-order valence-corrected chi connectivity index (χ2v) is 9.23. The molecule has 0 radical (unpaired) electrons. The summed E-state index contributed by atoms with van der Waals surface area (Å²) in [6.07, 6.45) is 0.997. The first-order valence-corrected chi connectivity index (χ1v) is 11.2. The predicted octanol–water partition coefficient (Wildman–Crippen LogP) is 3.13. The van der Waals surface area contributed by atoms with Crippen LogP contribution in [0.4, 0.5) is 11.4 Å². The summed E-state index contributed by atoms with van der Waals surface area (Å²) in [5.74, 6) is -0.639. The second kappa shape index (κ2) is 9.76. The number of hydrogen-bond acceptors (Lipinski definition) is 4. The summed E-state index contributed by atoms with van der Waals surface area (Å²) in [6, 6.07) is 12.9. The van der Waals surface area contributed by atoms with Gasteiger partial charge in [-0.1, -0.05) is 49.7 Å². The number of hydrogen-bond donors (Lipinski definition) is 2. The zero-order valence-corrected chi connectivity index (χ0v) is 18.0. The average Bonchev–Trinajstić information content (AvgIpc) is 2.64. The van der Waals surface area contributed by atoms with Crippen molar-refractivity contribution in [3.05, 3.63) is 59.1 Å². The summed E-state index contributed by atoms with van der Waals surface area (Å²) in [5, 5.41) is 5.63. The van der Waals surface area contributed by atoms with Gasteiger partial charge in [0.25, 0.3) is 5.91 Å². The largest absolute Gasteiger partial charge is 0.352 e. The van der Waals surface area contributed by atoms with Crippen molar-refractivity contribution < 1.29 is 18.0 Å². The van der Waals surface area contributed by atoms with Crippen molar-refractivity contribution in [2.45, 2.75) is 13.8 Å². The maximum absolute atomic E-state index is 12.6. The van der Waals surface area contributed by atoms with Crippen LogP contribution in [0.25, 0.3) is 0 Å². The molecule has 0 unspecified atom stereocenters. The average molecular weight is 438 g/mol. The van der Waals surface area contributed by atoms with E-state index in [-0.39, 0.29) is 22.5 Å². The van der Waals surface area contributed by atoms with Gasteiger partial charge in [-0.05, 0) is 30.2 Å². The summed E-state index contributed by atoms with van der Waals surface area (Å²) >= 11 is 6.10. The molecule has 2 N–H and O–H groups in total. The van der Waals surface area contributed by atoms with Crippen LogP contribution in [0.1, 0.15) is 24.2 Å². The molecule has 0 saturated heterocycles. The number of nitrogens with one attached hydrogen (secondary N) is 2. The Balaban J connectivity index is 2.22. The molecular formula is C20H24ClN3O4S. The fourth-order valence-corrected chi connectivity index (χ4v) is 3.69. The van der Waals surface area contributed by atoms with E-state index in [0.717, 1.165) is 10.6 Å². The molecule has 0 fully saturated rings. The first kappa shape index (κ1) is 22.7. The Morgan fingerprint density at radius 1 is 1.07 bits per heavy atom. The lowest BCUT2D eigenvalue weighted by molar-refractivity contribution is -0.114. The van der Waals surface area contributed by atoms with Crippen molar-refractivity contribution in [1.82, 2.24) is 5.32 Å². The first-order chi connectivity index (χ1) is 13.6. The second-order valence-electron chi connectivity index (χ2n) is 6.92. The van der Waals surface area contributed by atoms with E-state index in [1.165, 1.54) is 6.07 Å². The molecule has 0 aliphatic rings. The van der Waals surface area contributed by atoms with E-state index in [1.807, 2.05) is 13.8 Å². The van der Waals surface area contributed by atoms with Crippen molar-refractivity contribution in [2.24, 2.45) is 5.92 Å². The maximum Gasteiger partial charge on any atom is 0.253 e. The minimum Gasteiger partial charge on any atom is -0.352 e. The fraction of sp³-hybridized carbons (Fsp3) is 0.300. The van der Waals surface area contributed by atoms with Crippen LogP contribution >= 0.6 is 11.6 Å². The summed E-state index contributed by atoms with van der Waals surface area (Å²) < 4.78 is 25.4.